The van der Waals surface area contributed by atoms with Crippen LogP contribution >= 0.6 is 7.82 Å². The molecule has 0 rings (SSSR count). The Balaban J connectivity index is 4.21. The average molecular weight is 937 g/mol. The Bertz CT molecular complexity index is 1150. The fourth-order valence-electron chi connectivity index (χ4n) is 8.18. The molecule has 0 aromatic carbocycles. The van der Waals surface area contributed by atoms with Gasteiger partial charge in [-0.2, -0.15) is 0 Å². The first kappa shape index (κ1) is 63.7. The van der Waals surface area contributed by atoms with Crippen LogP contribution in [0.1, 0.15) is 264 Å². The Hall–Kier alpha value is -1.28. The fraction of sp³-hybridized carbons (Fsp3) is 0.875. The molecular formula is C56H109N2O6P. The Kier molecular flexibility index (Phi) is 46.8. The summed E-state index contributed by atoms with van der Waals surface area (Å²) in [6, 6.07) is -0.886. The van der Waals surface area contributed by atoms with E-state index in [0.29, 0.717) is 17.4 Å². The van der Waals surface area contributed by atoms with Gasteiger partial charge in [-0.15, -0.1) is 0 Å². The Labute approximate surface area is 404 Å². The molecule has 2 N–H and O–H groups in total. The minimum Gasteiger partial charge on any atom is -0.756 e. The highest BCUT2D eigenvalue weighted by molar-refractivity contribution is 7.45. The smallest absolute Gasteiger partial charge is 0.268 e. The van der Waals surface area contributed by atoms with E-state index in [0.717, 1.165) is 44.9 Å². The molecule has 8 nitrogen and oxygen atoms in total. The minimum atomic E-state index is -4.59. The highest BCUT2D eigenvalue weighted by atomic mass is 31.2. The number of hydrogen-bond donors (Lipinski definition) is 2. The van der Waals surface area contributed by atoms with Crippen molar-refractivity contribution < 1.29 is 32.9 Å². The van der Waals surface area contributed by atoms with Crippen LogP contribution in [0.3, 0.4) is 0 Å². The average Bonchev–Trinajstić information content (AvgIpc) is 3.26. The molecule has 0 aliphatic heterocycles. The van der Waals surface area contributed by atoms with Crippen molar-refractivity contribution in [3.63, 3.8) is 0 Å². The van der Waals surface area contributed by atoms with Crippen LogP contribution in [0.25, 0.3) is 0 Å². The summed E-state index contributed by atoms with van der Waals surface area (Å²) in [5.41, 5.74) is 0. The summed E-state index contributed by atoms with van der Waals surface area (Å²) in [5, 5.41) is 13.9. The Morgan fingerprint density at radius 2 is 0.892 bits per heavy atom. The van der Waals surface area contributed by atoms with Crippen LogP contribution in [-0.2, 0) is 18.4 Å². The van der Waals surface area contributed by atoms with E-state index in [1.165, 1.54) is 199 Å². The number of rotatable bonds is 51. The third kappa shape index (κ3) is 50.4. The van der Waals surface area contributed by atoms with Crippen LogP contribution in [0.15, 0.2) is 36.5 Å². The van der Waals surface area contributed by atoms with Crippen molar-refractivity contribution in [3.05, 3.63) is 36.5 Å². The van der Waals surface area contributed by atoms with Gasteiger partial charge in [0.2, 0.25) is 5.91 Å². The second kappa shape index (κ2) is 47.8. The molecule has 0 radical (unpaired) electrons. The van der Waals surface area contributed by atoms with Crippen molar-refractivity contribution in [3.8, 4) is 0 Å². The van der Waals surface area contributed by atoms with Gasteiger partial charge in [0.15, 0.2) is 0 Å². The van der Waals surface area contributed by atoms with E-state index in [1.807, 2.05) is 27.2 Å². The number of phosphoric ester groups is 1. The highest BCUT2D eigenvalue weighted by Gasteiger charge is 2.23. The first-order valence-corrected chi connectivity index (χ1v) is 29.3. The standard InChI is InChI=1S/C56H109N2O6P/c1-6-8-10-12-14-16-18-20-22-24-26-27-28-29-30-31-32-34-36-38-40-42-44-46-48-50-56(60)57-54(53-64-65(61,62)63-52-51-58(3,4)5)55(59)49-47-45-43-41-39-37-35-33-25-23-21-19-17-15-13-11-9-7-2/h18,20,24,26,47,49,54-55,59H,6-17,19,21-23,25,27-46,48,50-53H2,1-5H3,(H-,57,60,61,62)/b20-18-,26-24-,49-47+. The molecule has 0 bridgehead atoms. The van der Waals surface area contributed by atoms with Crippen LogP contribution in [0, 0.1) is 0 Å². The number of unbranched alkanes of at least 4 members (excludes halogenated alkanes) is 34. The number of hydrogen-bond acceptors (Lipinski definition) is 6. The molecular weight excluding hydrogens is 828 g/mol. The molecule has 9 heteroatoms. The number of allylic oxidation sites excluding steroid dienone is 5. The van der Waals surface area contributed by atoms with E-state index < -0.39 is 20.0 Å². The highest BCUT2D eigenvalue weighted by Crippen LogP contribution is 2.38. The second-order valence-corrected chi connectivity index (χ2v) is 21.7. The van der Waals surface area contributed by atoms with Crippen molar-refractivity contribution in [2.75, 3.05) is 40.9 Å². The van der Waals surface area contributed by atoms with Crippen molar-refractivity contribution >= 4 is 13.7 Å². The molecule has 0 fully saturated rings. The number of quaternary nitrogens is 1. The number of amides is 1. The topological polar surface area (TPSA) is 108 Å². The summed E-state index contributed by atoms with van der Waals surface area (Å²) in [5.74, 6) is -0.196. The maximum Gasteiger partial charge on any atom is 0.268 e. The predicted molar refractivity (Wildman–Crippen MR) is 279 cm³/mol. The second-order valence-electron chi connectivity index (χ2n) is 20.3. The summed E-state index contributed by atoms with van der Waals surface area (Å²) < 4.78 is 23.3. The number of aliphatic hydroxyl groups is 1. The maximum absolute atomic E-state index is 12.9. The zero-order valence-corrected chi connectivity index (χ0v) is 44.6. The van der Waals surface area contributed by atoms with Crippen molar-refractivity contribution in [1.82, 2.24) is 5.32 Å². The van der Waals surface area contributed by atoms with E-state index in [2.05, 4.69) is 43.5 Å². The molecule has 1 amide bonds. The fourth-order valence-corrected chi connectivity index (χ4v) is 8.91. The molecule has 0 aliphatic carbocycles. The lowest BCUT2D eigenvalue weighted by Gasteiger charge is -2.29. The van der Waals surface area contributed by atoms with Crippen LogP contribution in [-0.4, -0.2) is 68.5 Å². The molecule has 3 atom stereocenters. The quantitative estimate of drug-likeness (QED) is 0.0272. The summed E-state index contributed by atoms with van der Waals surface area (Å²) in [6.45, 7) is 4.67. The zero-order chi connectivity index (χ0) is 47.8. The third-order valence-corrected chi connectivity index (χ3v) is 13.6. The molecule has 3 unspecified atom stereocenters. The number of phosphoric acid groups is 1. The number of likely N-dealkylation sites (N-methyl/N-ethyl adjacent to an activating group) is 1. The van der Waals surface area contributed by atoms with Gasteiger partial charge in [0.1, 0.15) is 13.2 Å². The van der Waals surface area contributed by atoms with E-state index >= 15 is 0 Å². The van der Waals surface area contributed by atoms with Crippen LogP contribution in [0.4, 0.5) is 0 Å². The van der Waals surface area contributed by atoms with Crippen molar-refractivity contribution in [2.45, 2.75) is 276 Å². The van der Waals surface area contributed by atoms with E-state index in [-0.39, 0.29) is 19.1 Å². The van der Waals surface area contributed by atoms with Gasteiger partial charge in [0.25, 0.3) is 7.82 Å². The van der Waals surface area contributed by atoms with Gasteiger partial charge in [0, 0.05) is 6.42 Å². The van der Waals surface area contributed by atoms with E-state index in [4.69, 9.17) is 9.05 Å². The van der Waals surface area contributed by atoms with Crippen molar-refractivity contribution in [2.24, 2.45) is 0 Å². The summed E-state index contributed by atoms with van der Waals surface area (Å²) in [4.78, 5) is 25.5. The third-order valence-electron chi connectivity index (χ3n) is 12.6. The molecule has 0 heterocycles. The van der Waals surface area contributed by atoms with Gasteiger partial charge in [-0.1, -0.05) is 243 Å². The predicted octanol–water partition coefficient (Wildman–Crippen LogP) is 16.0. The monoisotopic (exact) mass is 937 g/mol. The molecule has 0 spiro atoms. The van der Waals surface area contributed by atoms with Gasteiger partial charge in [-0.3, -0.25) is 9.36 Å². The lowest BCUT2D eigenvalue weighted by molar-refractivity contribution is -0.870. The SMILES string of the molecule is CCCCCCC/C=C\C/C=C\CCCCCCCCCCCCCCCC(=O)NC(COP(=O)([O-])OCC[N+](C)(C)C)C(O)/C=C/CCCCCCCCCCCCCCCCCC. The van der Waals surface area contributed by atoms with Gasteiger partial charge >= 0.3 is 0 Å². The molecule has 0 saturated carbocycles. The summed E-state index contributed by atoms with van der Waals surface area (Å²) in [6.07, 6.45) is 60.6. The molecule has 0 aromatic heterocycles. The molecule has 0 aliphatic rings. The summed E-state index contributed by atoms with van der Waals surface area (Å²) >= 11 is 0. The number of carbonyl (C=O) groups excluding carboxylic acids is 1. The molecule has 0 aromatic rings. The lowest BCUT2D eigenvalue weighted by atomic mass is 10.0. The largest absolute Gasteiger partial charge is 0.756 e. The van der Waals surface area contributed by atoms with Gasteiger partial charge in [0.05, 0.1) is 39.9 Å². The molecule has 0 saturated heterocycles. The summed E-state index contributed by atoms with van der Waals surface area (Å²) in [7, 11) is 1.27. The Morgan fingerprint density at radius 3 is 1.28 bits per heavy atom. The Morgan fingerprint density at radius 1 is 0.538 bits per heavy atom. The first-order valence-electron chi connectivity index (χ1n) is 27.9. The van der Waals surface area contributed by atoms with Crippen LogP contribution < -0.4 is 10.2 Å². The first-order chi connectivity index (χ1) is 31.5. The maximum atomic E-state index is 12.9. The van der Waals surface area contributed by atoms with E-state index in [9.17, 15) is 19.4 Å². The number of carbonyl (C=O) groups is 1. The van der Waals surface area contributed by atoms with Gasteiger partial charge in [-0.25, -0.2) is 0 Å². The molecule has 65 heavy (non-hydrogen) atoms. The number of aliphatic hydroxyl groups excluding tert-OH is 1. The van der Waals surface area contributed by atoms with E-state index in [1.54, 1.807) is 6.08 Å². The number of nitrogens with zero attached hydrogens (tertiary/aromatic N) is 1. The lowest BCUT2D eigenvalue weighted by Crippen LogP contribution is -2.45. The van der Waals surface area contributed by atoms with Crippen LogP contribution in [0.2, 0.25) is 0 Å². The number of nitrogens with one attached hydrogen (secondary N) is 1. The minimum absolute atomic E-state index is 0.000356. The van der Waals surface area contributed by atoms with Gasteiger partial charge in [-0.05, 0) is 51.4 Å². The van der Waals surface area contributed by atoms with Crippen LogP contribution in [0.5, 0.6) is 0 Å². The van der Waals surface area contributed by atoms with Gasteiger partial charge < -0.3 is 28.8 Å². The normalized spacial score (nSPS) is 14.3. The van der Waals surface area contributed by atoms with Crippen molar-refractivity contribution in [1.29, 1.82) is 0 Å². The zero-order valence-electron chi connectivity index (χ0n) is 43.7. The molecule has 384 valence electrons.